The van der Waals surface area contributed by atoms with Crippen LogP contribution in [0.5, 0.6) is 0 Å². The number of anilines is 1. The van der Waals surface area contributed by atoms with E-state index < -0.39 is 12.8 Å². The summed E-state index contributed by atoms with van der Waals surface area (Å²) in [6.45, 7) is 1.44. The lowest BCUT2D eigenvalue weighted by Gasteiger charge is -2.19. The fourth-order valence-corrected chi connectivity index (χ4v) is 3.05. The maximum absolute atomic E-state index is 12.6. The molecular formula is C22H24N2O. The van der Waals surface area contributed by atoms with Gasteiger partial charge in [-0.15, -0.1) is 0 Å². The van der Waals surface area contributed by atoms with E-state index in [9.17, 15) is 4.79 Å². The third-order valence-corrected chi connectivity index (χ3v) is 4.31. The van der Waals surface area contributed by atoms with Crippen LogP contribution in [-0.4, -0.2) is 6.03 Å². The Labute approximate surface area is 153 Å². The third kappa shape index (κ3) is 3.82. The summed E-state index contributed by atoms with van der Waals surface area (Å²) in [5.41, 5.74) is 2.13. The standard InChI is InChI=1S/C22H24N2O/c1-15(2)18-11-6-7-14-21(18)24-22(25)23-16(3)19-13-8-10-17-9-4-5-12-20(17)19/h4-16H,1-3H3,(H2,23,24,25)/t16-/m1/s1/i1D3/t15-,16-. The quantitative estimate of drug-likeness (QED) is 0.617. The Morgan fingerprint density at radius 2 is 1.60 bits per heavy atom. The van der Waals surface area contributed by atoms with Crippen molar-refractivity contribution < 1.29 is 8.91 Å². The Kier molecular flexibility index (Phi) is 3.98. The maximum Gasteiger partial charge on any atom is 0.319 e. The molecular weight excluding hydrogens is 308 g/mol. The van der Waals surface area contributed by atoms with Crippen molar-refractivity contribution >= 4 is 22.5 Å². The number of nitrogens with one attached hydrogen (secondary N) is 2. The summed E-state index contributed by atoms with van der Waals surface area (Å²) < 4.78 is 23.0. The Hall–Kier alpha value is -2.81. The van der Waals surface area contributed by atoms with Gasteiger partial charge in [0.2, 0.25) is 0 Å². The average molecular weight is 335 g/mol. The van der Waals surface area contributed by atoms with Gasteiger partial charge in [-0.1, -0.05) is 74.4 Å². The molecule has 0 bridgehead atoms. The monoisotopic (exact) mass is 335 g/mol. The molecule has 25 heavy (non-hydrogen) atoms. The number of urea groups is 1. The minimum atomic E-state index is -2.13. The second-order valence-corrected chi connectivity index (χ2v) is 6.20. The van der Waals surface area contributed by atoms with Crippen LogP contribution < -0.4 is 10.6 Å². The Morgan fingerprint density at radius 1 is 0.920 bits per heavy atom. The van der Waals surface area contributed by atoms with Crippen LogP contribution >= 0.6 is 0 Å². The molecule has 3 aromatic rings. The molecule has 0 aliphatic rings. The first-order valence-corrected chi connectivity index (χ1v) is 8.41. The number of hydrogen-bond donors (Lipinski definition) is 2. The van der Waals surface area contributed by atoms with Crippen molar-refractivity contribution in [3.05, 3.63) is 77.9 Å². The van der Waals surface area contributed by atoms with E-state index in [0.29, 0.717) is 11.3 Å². The number of amides is 2. The van der Waals surface area contributed by atoms with Crippen LogP contribution in [0.4, 0.5) is 10.5 Å². The van der Waals surface area contributed by atoms with Crippen LogP contribution in [0.15, 0.2) is 66.7 Å². The van der Waals surface area contributed by atoms with Crippen LogP contribution in [0, 0.1) is 0 Å². The van der Waals surface area contributed by atoms with Crippen molar-refractivity contribution in [3.8, 4) is 0 Å². The molecule has 2 N–H and O–H groups in total. The zero-order chi connectivity index (χ0) is 20.3. The van der Waals surface area contributed by atoms with Crippen molar-refractivity contribution in [3.63, 3.8) is 0 Å². The number of carbonyl (C=O) groups excluding carboxylic acids is 1. The van der Waals surface area contributed by atoms with Gasteiger partial charge in [0, 0.05) is 9.80 Å². The molecule has 0 heterocycles. The van der Waals surface area contributed by atoms with Crippen LogP contribution in [-0.2, 0) is 0 Å². The van der Waals surface area contributed by atoms with Crippen molar-refractivity contribution in [1.82, 2.24) is 5.32 Å². The second-order valence-electron chi connectivity index (χ2n) is 6.20. The minimum absolute atomic E-state index is 0.210. The normalized spacial score (nSPS) is 15.5. The number of carbonyl (C=O) groups is 1. The molecule has 0 spiro atoms. The van der Waals surface area contributed by atoms with Gasteiger partial charge in [-0.25, -0.2) is 4.79 Å². The zero-order valence-electron chi connectivity index (χ0n) is 17.4. The van der Waals surface area contributed by atoms with Gasteiger partial charge in [0.1, 0.15) is 0 Å². The molecule has 0 radical (unpaired) electrons. The van der Waals surface area contributed by atoms with Gasteiger partial charge in [0.05, 0.1) is 6.04 Å². The summed E-state index contributed by atoms with van der Waals surface area (Å²) >= 11 is 0. The van der Waals surface area contributed by atoms with Gasteiger partial charge in [-0.3, -0.25) is 0 Å². The van der Waals surface area contributed by atoms with Gasteiger partial charge in [-0.2, -0.15) is 0 Å². The highest BCUT2D eigenvalue weighted by Gasteiger charge is 2.14. The lowest BCUT2D eigenvalue weighted by molar-refractivity contribution is 0.249. The molecule has 128 valence electrons. The molecule has 0 unspecified atom stereocenters. The van der Waals surface area contributed by atoms with Gasteiger partial charge in [0.15, 0.2) is 0 Å². The van der Waals surface area contributed by atoms with Crippen molar-refractivity contribution in [2.75, 3.05) is 5.32 Å². The first-order valence-electron chi connectivity index (χ1n) is 9.91. The lowest BCUT2D eigenvalue weighted by atomic mass is 10.00. The Bertz CT molecular complexity index is 979. The second kappa shape index (κ2) is 7.39. The van der Waals surface area contributed by atoms with E-state index >= 15 is 0 Å². The lowest BCUT2D eigenvalue weighted by Crippen LogP contribution is -2.31. The number of hydrogen-bond acceptors (Lipinski definition) is 1. The molecule has 0 aromatic heterocycles. The molecule has 0 saturated carbocycles. The van der Waals surface area contributed by atoms with E-state index in [-0.39, 0.29) is 12.1 Å². The first-order chi connectivity index (χ1) is 13.3. The topological polar surface area (TPSA) is 41.1 Å². The predicted octanol–water partition coefficient (Wildman–Crippen LogP) is 5.85. The molecule has 3 rings (SSSR count). The molecule has 3 nitrogen and oxygen atoms in total. The summed E-state index contributed by atoms with van der Waals surface area (Å²) in [6, 6.07) is 20.5. The SMILES string of the molecule is [2H]C([2H])([2H])[C@H](C)c1ccccc1NC(=O)N[C@H](C)c1cccc2ccccc12. The van der Waals surface area contributed by atoms with Gasteiger partial charge in [-0.05, 0) is 40.8 Å². The van der Waals surface area contributed by atoms with E-state index in [4.69, 9.17) is 4.11 Å². The molecule has 3 heteroatoms. The van der Waals surface area contributed by atoms with E-state index in [1.54, 1.807) is 31.2 Å². The number of fused-ring (bicyclic) bond motifs is 1. The fourth-order valence-electron chi connectivity index (χ4n) is 3.05. The zero-order valence-corrected chi connectivity index (χ0v) is 14.4. The highest BCUT2D eigenvalue weighted by Crippen LogP contribution is 2.25. The summed E-state index contributed by atoms with van der Waals surface area (Å²) in [5.74, 6) is -0.681. The van der Waals surface area contributed by atoms with Gasteiger partial charge < -0.3 is 10.6 Å². The van der Waals surface area contributed by atoms with Crippen LogP contribution in [0.1, 0.15) is 47.9 Å². The van der Waals surface area contributed by atoms with Crippen LogP contribution in [0.2, 0.25) is 0 Å². The summed E-state index contributed by atoms with van der Waals surface area (Å²) in [5, 5.41) is 7.97. The predicted molar refractivity (Wildman–Crippen MR) is 105 cm³/mol. The van der Waals surface area contributed by atoms with Crippen molar-refractivity contribution in [2.45, 2.75) is 32.7 Å². The molecule has 0 saturated heterocycles. The molecule has 2 amide bonds. The van der Waals surface area contributed by atoms with E-state index in [0.717, 1.165) is 16.3 Å². The highest BCUT2D eigenvalue weighted by atomic mass is 16.2. The minimum Gasteiger partial charge on any atom is -0.331 e. The van der Waals surface area contributed by atoms with E-state index in [1.165, 1.54) is 0 Å². The summed E-state index contributed by atoms with van der Waals surface area (Å²) in [6.07, 6.45) is 0. The highest BCUT2D eigenvalue weighted by molar-refractivity contribution is 5.91. The van der Waals surface area contributed by atoms with Gasteiger partial charge in [0.25, 0.3) is 0 Å². The van der Waals surface area contributed by atoms with E-state index in [1.807, 2.05) is 49.4 Å². The smallest absolute Gasteiger partial charge is 0.319 e. The Balaban J connectivity index is 1.78. The van der Waals surface area contributed by atoms with E-state index in [2.05, 4.69) is 10.6 Å². The van der Waals surface area contributed by atoms with Gasteiger partial charge >= 0.3 is 6.03 Å². The molecule has 0 aliphatic carbocycles. The van der Waals surface area contributed by atoms with Crippen LogP contribution in [0.3, 0.4) is 0 Å². The number of benzene rings is 3. The molecule has 0 fully saturated rings. The third-order valence-electron chi connectivity index (χ3n) is 4.31. The van der Waals surface area contributed by atoms with Crippen molar-refractivity contribution in [2.24, 2.45) is 0 Å². The number of para-hydroxylation sites is 1. The number of rotatable bonds is 4. The molecule has 2 atom stereocenters. The molecule has 0 aliphatic heterocycles. The van der Waals surface area contributed by atoms with Crippen LogP contribution in [0.25, 0.3) is 10.8 Å². The fraction of sp³-hybridized carbons (Fsp3) is 0.227. The Morgan fingerprint density at radius 3 is 2.44 bits per heavy atom. The van der Waals surface area contributed by atoms with Crippen molar-refractivity contribution in [1.29, 1.82) is 0 Å². The summed E-state index contributed by atoms with van der Waals surface area (Å²) in [4.78, 5) is 12.6. The summed E-state index contributed by atoms with van der Waals surface area (Å²) in [7, 11) is 0. The average Bonchev–Trinajstić information content (AvgIpc) is 2.66. The maximum atomic E-state index is 12.6. The molecule has 3 aromatic carbocycles. The largest absolute Gasteiger partial charge is 0.331 e. The first kappa shape index (κ1) is 13.5.